The van der Waals surface area contributed by atoms with Crippen molar-refractivity contribution in [3.05, 3.63) is 58.3 Å². The third kappa shape index (κ3) is 3.37. The van der Waals surface area contributed by atoms with E-state index in [0.29, 0.717) is 0 Å². The maximum Gasteiger partial charge on any atom is 0.269 e. The van der Waals surface area contributed by atoms with Crippen LogP contribution in [0.5, 0.6) is 0 Å². The van der Waals surface area contributed by atoms with Crippen molar-refractivity contribution in [2.24, 2.45) is 0 Å². The predicted octanol–water partition coefficient (Wildman–Crippen LogP) is 4.00. The fourth-order valence-corrected chi connectivity index (χ4v) is 1.88. The first-order chi connectivity index (χ1) is 9.20. The van der Waals surface area contributed by atoms with Gasteiger partial charge in [-0.3, -0.25) is 15.1 Å². The highest BCUT2D eigenvalue weighted by molar-refractivity contribution is 5.60. The second-order valence-electron chi connectivity index (χ2n) is 4.46. The van der Waals surface area contributed by atoms with E-state index in [-0.39, 0.29) is 5.69 Å². The molecule has 1 heterocycles. The summed E-state index contributed by atoms with van der Waals surface area (Å²) in [7, 11) is 0. The third-order valence-electron chi connectivity index (χ3n) is 3.02. The van der Waals surface area contributed by atoms with Crippen LogP contribution in [0.25, 0.3) is 11.3 Å². The van der Waals surface area contributed by atoms with Gasteiger partial charge < -0.3 is 0 Å². The molecule has 0 aliphatic heterocycles. The van der Waals surface area contributed by atoms with Gasteiger partial charge in [0.2, 0.25) is 0 Å². The van der Waals surface area contributed by atoms with Crippen molar-refractivity contribution < 1.29 is 4.92 Å². The fraction of sp³-hybridized carbons (Fsp3) is 0.267. The van der Waals surface area contributed by atoms with Crippen molar-refractivity contribution in [2.45, 2.75) is 26.2 Å². The highest BCUT2D eigenvalue weighted by Gasteiger charge is 2.05. The number of nitro benzene ring substituents is 1. The normalized spacial score (nSPS) is 10.4. The Morgan fingerprint density at radius 1 is 1.16 bits per heavy atom. The first-order valence-corrected chi connectivity index (χ1v) is 6.40. The molecule has 98 valence electrons. The van der Waals surface area contributed by atoms with E-state index in [1.807, 2.05) is 12.3 Å². The quantitative estimate of drug-likeness (QED) is 0.600. The Morgan fingerprint density at radius 3 is 2.42 bits per heavy atom. The summed E-state index contributed by atoms with van der Waals surface area (Å²) in [5, 5.41) is 10.6. The molecule has 0 radical (unpaired) electrons. The molecule has 0 saturated heterocycles. The van der Waals surface area contributed by atoms with Crippen LogP contribution in [-0.4, -0.2) is 9.91 Å². The van der Waals surface area contributed by atoms with Gasteiger partial charge in [-0.1, -0.05) is 19.4 Å². The number of hydrogen-bond acceptors (Lipinski definition) is 3. The van der Waals surface area contributed by atoms with Crippen molar-refractivity contribution >= 4 is 5.69 Å². The van der Waals surface area contributed by atoms with Gasteiger partial charge in [0.25, 0.3) is 5.69 Å². The highest BCUT2D eigenvalue weighted by Crippen LogP contribution is 2.21. The van der Waals surface area contributed by atoms with Crippen LogP contribution in [0.1, 0.15) is 25.3 Å². The second-order valence-corrected chi connectivity index (χ2v) is 4.46. The van der Waals surface area contributed by atoms with Crippen LogP contribution in [-0.2, 0) is 6.42 Å². The van der Waals surface area contributed by atoms with Crippen LogP contribution >= 0.6 is 0 Å². The minimum Gasteiger partial charge on any atom is -0.258 e. The maximum atomic E-state index is 10.6. The monoisotopic (exact) mass is 256 g/mol. The zero-order valence-electron chi connectivity index (χ0n) is 10.9. The molecule has 2 rings (SSSR count). The lowest BCUT2D eigenvalue weighted by Crippen LogP contribution is -1.90. The average Bonchev–Trinajstić information content (AvgIpc) is 2.46. The minimum atomic E-state index is -0.398. The number of nitro groups is 1. The smallest absolute Gasteiger partial charge is 0.258 e. The first kappa shape index (κ1) is 13.2. The largest absolute Gasteiger partial charge is 0.269 e. The standard InChI is InChI=1S/C15H16N2O2/c1-2-3-4-12-5-10-15(16-11-12)13-6-8-14(9-7-13)17(18)19/h5-11H,2-4H2,1H3. The molecule has 0 atom stereocenters. The molecule has 4 heteroatoms. The van der Waals surface area contributed by atoms with Gasteiger partial charge in [-0.15, -0.1) is 0 Å². The Balaban J connectivity index is 2.15. The summed E-state index contributed by atoms with van der Waals surface area (Å²) in [6, 6.07) is 10.5. The first-order valence-electron chi connectivity index (χ1n) is 6.40. The van der Waals surface area contributed by atoms with E-state index in [4.69, 9.17) is 0 Å². The molecule has 1 aromatic heterocycles. The molecule has 0 unspecified atom stereocenters. The molecule has 4 nitrogen and oxygen atoms in total. The number of aromatic nitrogens is 1. The Kier molecular flexibility index (Phi) is 4.23. The number of nitrogens with zero attached hydrogens (tertiary/aromatic N) is 2. The van der Waals surface area contributed by atoms with Gasteiger partial charge in [0.15, 0.2) is 0 Å². The summed E-state index contributed by atoms with van der Waals surface area (Å²) in [6.45, 7) is 2.17. The van der Waals surface area contributed by atoms with Gasteiger partial charge in [0.1, 0.15) is 0 Å². The number of unbranched alkanes of at least 4 members (excludes halogenated alkanes) is 1. The van der Waals surface area contributed by atoms with Crippen LogP contribution in [0, 0.1) is 10.1 Å². The average molecular weight is 256 g/mol. The molecule has 0 N–H and O–H groups in total. The molecule has 0 spiro atoms. The maximum absolute atomic E-state index is 10.6. The molecule has 1 aromatic carbocycles. The zero-order valence-corrected chi connectivity index (χ0v) is 10.9. The van der Waals surface area contributed by atoms with Crippen LogP contribution < -0.4 is 0 Å². The number of hydrogen-bond donors (Lipinski definition) is 0. The Bertz CT molecular complexity index is 547. The Hall–Kier alpha value is -2.23. The van der Waals surface area contributed by atoms with E-state index in [2.05, 4.69) is 18.0 Å². The number of aryl methyl sites for hydroxylation is 1. The molecular formula is C15H16N2O2. The molecule has 0 aliphatic carbocycles. The molecule has 2 aromatic rings. The lowest BCUT2D eigenvalue weighted by molar-refractivity contribution is -0.384. The predicted molar refractivity (Wildman–Crippen MR) is 74.9 cm³/mol. The summed E-state index contributed by atoms with van der Waals surface area (Å²) in [5.41, 5.74) is 3.07. The summed E-state index contributed by atoms with van der Waals surface area (Å²) >= 11 is 0. The van der Waals surface area contributed by atoms with E-state index in [9.17, 15) is 10.1 Å². The van der Waals surface area contributed by atoms with Crippen LogP contribution in [0.4, 0.5) is 5.69 Å². The summed E-state index contributed by atoms with van der Waals surface area (Å²) < 4.78 is 0. The number of non-ortho nitro benzene ring substituents is 1. The van der Waals surface area contributed by atoms with Crippen molar-refractivity contribution in [3.8, 4) is 11.3 Å². The number of benzene rings is 1. The second kappa shape index (κ2) is 6.09. The van der Waals surface area contributed by atoms with Gasteiger partial charge in [-0.05, 0) is 36.6 Å². The zero-order chi connectivity index (χ0) is 13.7. The Morgan fingerprint density at radius 2 is 1.89 bits per heavy atom. The van der Waals surface area contributed by atoms with Gasteiger partial charge in [0.05, 0.1) is 10.6 Å². The molecule has 0 fully saturated rings. The van der Waals surface area contributed by atoms with E-state index < -0.39 is 4.92 Å². The minimum absolute atomic E-state index is 0.100. The Labute approximate surface area is 112 Å². The lowest BCUT2D eigenvalue weighted by atomic mass is 10.1. The van der Waals surface area contributed by atoms with Gasteiger partial charge in [0, 0.05) is 23.9 Å². The van der Waals surface area contributed by atoms with Crippen LogP contribution in [0.15, 0.2) is 42.6 Å². The molecule has 0 bridgehead atoms. The van der Waals surface area contributed by atoms with Gasteiger partial charge in [-0.2, -0.15) is 0 Å². The summed E-state index contributed by atoms with van der Waals surface area (Å²) in [6.07, 6.45) is 5.26. The van der Waals surface area contributed by atoms with Crippen LogP contribution in [0.3, 0.4) is 0 Å². The van der Waals surface area contributed by atoms with E-state index in [0.717, 1.165) is 17.7 Å². The van der Waals surface area contributed by atoms with Crippen LogP contribution in [0.2, 0.25) is 0 Å². The van der Waals surface area contributed by atoms with E-state index >= 15 is 0 Å². The lowest BCUT2D eigenvalue weighted by Gasteiger charge is -2.03. The summed E-state index contributed by atoms with van der Waals surface area (Å²) in [5.74, 6) is 0. The molecule has 0 amide bonds. The molecule has 0 saturated carbocycles. The molecule has 19 heavy (non-hydrogen) atoms. The topological polar surface area (TPSA) is 56.0 Å². The fourth-order valence-electron chi connectivity index (χ4n) is 1.88. The van der Waals surface area contributed by atoms with Crippen molar-refractivity contribution in [2.75, 3.05) is 0 Å². The molecule has 0 aliphatic rings. The SMILES string of the molecule is CCCCc1ccc(-c2ccc([N+](=O)[O-])cc2)nc1. The number of rotatable bonds is 5. The number of pyridine rings is 1. The van der Waals surface area contributed by atoms with E-state index in [1.165, 1.54) is 30.5 Å². The summed E-state index contributed by atoms with van der Waals surface area (Å²) in [4.78, 5) is 14.6. The highest BCUT2D eigenvalue weighted by atomic mass is 16.6. The van der Waals surface area contributed by atoms with Gasteiger partial charge in [-0.25, -0.2) is 0 Å². The van der Waals surface area contributed by atoms with Crippen molar-refractivity contribution in [1.29, 1.82) is 0 Å². The van der Waals surface area contributed by atoms with Crippen molar-refractivity contribution in [1.82, 2.24) is 4.98 Å². The van der Waals surface area contributed by atoms with E-state index in [1.54, 1.807) is 12.1 Å². The van der Waals surface area contributed by atoms with Gasteiger partial charge >= 0.3 is 0 Å². The van der Waals surface area contributed by atoms with Crippen molar-refractivity contribution in [3.63, 3.8) is 0 Å². The third-order valence-corrected chi connectivity index (χ3v) is 3.02. The molecular weight excluding hydrogens is 240 g/mol.